The van der Waals surface area contributed by atoms with Crippen molar-refractivity contribution in [3.63, 3.8) is 0 Å². The Morgan fingerprint density at radius 1 is 1.36 bits per heavy atom. The molecular formula is C10H12N2O2. The van der Waals surface area contributed by atoms with Crippen molar-refractivity contribution in [1.82, 2.24) is 5.32 Å². The lowest BCUT2D eigenvalue weighted by Crippen LogP contribution is -2.12. The van der Waals surface area contributed by atoms with Gasteiger partial charge in [-0.1, -0.05) is 12.1 Å². The fourth-order valence-corrected chi connectivity index (χ4v) is 1.80. The monoisotopic (exact) mass is 192 g/mol. The molecule has 1 saturated heterocycles. The Kier molecular flexibility index (Phi) is 2.45. The molecule has 14 heavy (non-hydrogen) atoms. The van der Waals surface area contributed by atoms with E-state index in [1.807, 2.05) is 12.1 Å². The molecule has 0 bridgehead atoms. The summed E-state index contributed by atoms with van der Waals surface area (Å²) in [7, 11) is 0. The fourth-order valence-electron chi connectivity index (χ4n) is 1.80. The molecule has 0 spiro atoms. The summed E-state index contributed by atoms with van der Waals surface area (Å²) in [5.41, 5.74) is 1.31. The summed E-state index contributed by atoms with van der Waals surface area (Å²) < 4.78 is 0. The average molecular weight is 192 g/mol. The first-order chi connectivity index (χ1) is 6.77. The Hall–Kier alpha value is -1.42. The quantitative estimate of drug-likeness (QED) is 0.576. The van der Waals surface area contributed by atoms with Gasteiger partial charge in [0, 0.05) is 18.2 Å². The average Bonchev–Trinajstić information content (AvgIpc) is 2.71. The second-order valence-electron chi connectivity index (χ2n) is 3.50. The number of benzene rings is 1. The highest BCUT2D eigenvalue weighted by Crippen LogP contribution is 2.24. The normalized spacial score (nSPS) is 21.0. The van der Waals surface area contributed by atoms with Crippen LogP contribution < -0.4 is 5.32 Å². The zero-order valence-electron chi connectivity index (χ0n) is 7.77. The van der Waals surface area contributed by atoms with Gasteiger partial charge in [0.05, 0.1) is 4.92 Å². The van der Waals surface area contributed by atoms with Crippen molar-refractivity contribution < 1.29 is 4.92 Å². The maximum Gasteiger partial charge on any atom is 0.269 e. The van der Waals surface area contributed by atoms with Crippen molar-refractivity contribution in [2.75, 3.05) is 6.54 Å². The zero-order chi connectivity index (χ0) is 9.97. The van der Waals surface area contributed by atoms with E-state index in [9.17, 15) is 10.1 Å². The summed E-state index contributed by atoms with van der Waals surface area (Å²) in [5.74, 6) is 0. The number of hydrogen-bond acceptors (Lipinski definition) is 3. The van der Waals surface area contributed by atoms with Gasteiger partial charge < -0.3 is 5.32 Å². The molecule has 1 heterocycles. The van der Waals surface area contributed by atoms with Crippen molar-refractivity contribution in [2.24, 2.45) is 0 Å². The number of hydrogen-bond donors (Lipinski definition) is 1. The third-order valence-corrected chi connectivity index (χ3v) is 2.57. The van der Waals surface area contributed by atoms with Gasteiger partial charge in [-0.15, -0.1) is 0 Å². The summed E-state index contributed by atoms with van der Waals surface area (Å²) in [6, 6.07) is 7.18. The lowest BCUT2D eigenvalue weighted by molar-refractivity contribution is -0.384. The topological polar surface area (TPSA) is 55.2 Å². The van der Waals surface area contributed by atoms with Gasteiger partial charge in [-0.25, -0.2) is 0 Å². The molecule has 0 aromatic heterocycles. The molecule has 1 fully saturated rings. The Bertz CT molecular complexity index is 328. The van der Waals surface area contributed by atoms with Crippen LogP contribution in [-0.4, -0.2) is 11.5 Å². The molecule has 4 nitrogen and oxygen atoms in total. The van der Waals surface area contributed by atoms with Crippen molar-refractivity contribution in [2.45, 2.75) is 18.9 Å². The highest BCUT2D eigenvalue weighted by atomic mass is 16.6. The van der Waals surface area contributed by atoms with Crippen LogP contribution in [0.15, 0.2) is 24.3 Å². The van der Waals surface area contributed by atoms with Crippen LogP contribution >= 0.6 is 0 Å². The van der Waals surface area contributed by atoms with Gasteiger partial charge in [-0.3, -0.25) is 10.1 Å². The molecule has 0 aliphatic carbocycles. The molecule has 4 heteroatoms. The van der Waals surface area contributed by atoms with E-state index in [2.05, 4.69) is 5.32 Å². The minimum atomic E-state index is -0.369. The Morgan fingerprint density at radius 3 is 2.57 bits per heavy atom. The third-order valence-electron chi connectivity index (χ3n) is 2.57. The van der Waals surface area contributed by atoms with Crippen LogP contribution in [0.25, 0.3) is 0 Å². The van der Waals surface area contributed by atoms with E-state index in [0.717, 1.165) is 18.5 Å². The minimum Gasteiger partial charge on any atom is -0.310 e. The Labute approximate surface area is 82.1 Å². The molecule has 1 atom stereocenters. The van der Waals surface area contributed by atoms with Crippen LogP contribution in [0.3, 0.4) is 0 Å². The van der Waals surface area contributed by atoms with Crippen LogP contribution in [0.2, 0.25) is 0 Å². The van der Waals surface area contributed by atoms with E-state index >= 15 is 0 Å². The number of nitro groups is 1. The van der Waals surface area contributed by atoms with Crippen molar-refractivity contribution >= 4 is 5.69 Å². The molecule has 0 unspecified atom stereocenters. The molecular weight excluding hydrogens is 180 g/mol. The standard InChI is InChI=1S/C10H12N2O2/c13-12(14)9-5-3-8(4-6-9)10-2-1-7-11-10/h3-6,10-11H,1-2,7H2/t10-/m1/s1. The summed E-state index contributed by atoms with van der Waals surface area (Å²) in [4.78, 5) is 10.1. The van der Waals surface area contributed by atoms with Gasteiger partial charge in [0.2, 0.25) is 0 Å². The second kappa shape index (κ2) is 3.75. The molecule has 74 valence electrons. The highest BCUT2D eigenvalue weighted by molar-refractivity contribution is 5.34. The maximum absolute atomic E-state index is 10.4. The molecule has 0 radical (unpaired) electrons. The molecule has 2 rings (SSSR count). The smallest absolute Gasteiger partial charge is 0.269 e. The van der Waals surface area contributed by atoms with E-state index in [1.54, 1.807) is 12.1 Å². The number of nitrogens with zero attached hydrogens (tertiary/aromatic N) is 1. The van der Waals surface area contributed by atoms with Gasteiger partial charge in [0.15, 0.2) is 0 Å². The van der Waals surface area contributed by atoms with E-state index < -0.39 is 0 Å². The van der Waals surface area contributed by atoms with E-state index in [4.69, 9.17) is 0 Å². The van der Waals surface area contributed by atoms with E-state index in [0.29, 0.717) is 6.04 Å². The number of non-ortho nitro benzene ring substituents is 1. The lowest BCUT2D eigenvalue weighted by Gasteiger charge is -2.09. The summed E-state index contributed by atoms with van der Waals surface area (Å²) in [6.45, 7) is 1.04. The van der Waals surface area contributed by atoms with E-state index in [1.165, 1.54) is 6.42 Å². The second-order valence-corrected chi connectivity index (χ2v) is 3.50. The van der Waals surface area contributed by atoms with Crippen molar-refractivity contribution in [3.05, 3.63) is 39.9 Å². The van der Waals surface area contributed by atoms with Crippen LogP contribution in [0.5, 0.6) is 0 Å². The lowest BCUT2D eigenvalue weighted by atomic mass is 10.1. The van der Waals surface area contributed by atoms with Gasteiger partial charge in [-0.2, -0.15) is 0 Å². The van der Waals surface area contributed by atoms with Crippen LogP contribution in [0.4, 0.5) is 5.69 Å². The molecule has 1 aliphatic rings. The predicted molar refractivity (Wildman–Crippen MR) is 53.1 cm³/mol. The molecule has 0 amide bonds. The maximum atomic E-state index is 10.4. The first-order valence-corrected chi connectivity index (χ1v) is 4.75. The summed E-state index contributed by atoms with van der Waals surface area (Å²) >= 11 is 0. The predicted octanol–water partition coefficient (Wildman–Crippen LogP) is 2.02. The Balaban J connectivity index is 2.16. The molecule has 1 aromatic rings. The first-order valence-electron chi connectivity index (χ1n) is 4.75. The number of nitrogens with one attached hydrogen (secondary N) is 1. The summed E-state index contributed by atoms with van der Waals surface area (Å²) in [5, 5.41) is 13.8. The van der Waals surface area contributed by atoms with Crippen LogP contribution in [0, 0.1) is 10.1 Å². The first kappa shape index (κ1) is 9.15. The largest absolute Gasteiger partial charge is 0.310 e. The molecule has 1 N–H and O–H groups in total. The SMILES string of the molecule is O=[N+]([O-])c1ccc([C@H]2CCCN2)cc1. The van der Waals surface area contributed by atoms with Crippen molar-refractivity contribution in [3.8, 4) is 0 Å². The summed E-state index contributed by atoms with van der Waals surface area (Å²) in [6.07, 6.45) is 2.31. The molecule has 1 aliphatic heterocycles. The molecule has 0 saturated carbocycles. The van der Waals surface area contributed by atoms with E-state index in [-0.39, 0.29) is 10.6 Å². The highest BCUT2D eigenvalue weighted by Gasteiger charge is 2.16. The van der Waals surface area contributed by atoms with Crippen LogP contribution in [0.1, 0.15) is 24.4 Å². The van der Waals surface area contributed by atoms with Gasteiger partial charge in [0.25, 0.3) is 5.69 Å². The van der Waals surface area contributed by atoms with Gasteiger partial charge >= 0.3 is 0 Å². The number of rotatable bonds is 2. The Morgan fingerprint density at radius 2 is 2.07 bits per heavy atom. The van der Waals surface area contributed by atoms with Crippen LogP contribution in [-0.2, 0) is 0 Å². The molecule has 1 aromatic carbocycles. The number of nitro benzene ring substituents is 1. The van der Waals surface area contributed by atoms with Gasteiger partial charge in [0.1, 0.15) is 0 Å². The zero-order valence-corrected chi connectivity index (χ0v) is 7.77. The van der Waals surface area contributed by atoms with Gasteiger partial charge in [-0.05, 0) is 24.9 Å². The minimum absolute atomic E-state index is 0.159. The van der Waals surface area contributed by atoms with Crippen molar-refractivity contribution in [1.29, 1.82) is 0 Å². The third kappa shape index (κ3) is 1.75. The fraction of sp³-hybridized carbons (Fsp3) is 0.400.